The maximum atomic E-state index is 12.8. The molecule has 0 amide bonds. The Morgan fingerprint density at radius 2 is 1.45 bits per heavy atom. The van der Waals surface area contributed by atoms with Crippen LogP contribution < -0.4 is 15.6 Å². The molecule has 3 rings (SSSR count). The van der Waals surface area contributed by atoms with Crippen molar-refractivity contribution < 1.29 is 14.3 Å². The molecule has 1 atom stereocenters. The molecule has 0 heterocycles. The Morgan fingerprint density at radius 1 is 0.879 bits per heavy atom. The summed E-state index contributed by atoms with van der Waals surface area (Å²) in [5, 5.41) is 2.83. The van der Waals surface area contributed by atoms with Crippen LogP contribution in [0.4, 0.5) is 0 Å². The first-order valence-electron chi connectivity index (χ1n) is 11.8. The first-order chi connectivity index (χ1) is 16.1. The summed E-state index contributed by atoms with van der Waals surface area (Å²) in [7, 11) is -3.24. The number of alkyl halides is 1. The third-order valence-corrected chi connectivity index (χ3v) is 10.4. The maximum Gasteiger partial charge on any atom is 0.309 e. The number of benzene rings is 3. The molecule has 0 fully saturated rings. The van der Waals surface area contributed by atoms with Gasteiger partial charge in [0.05, 0.1) is 12.5 Å². The number of unbranched alkanes of at least 4 members (excludes halogenated alkanes) is 2. The number of hydrogen-bond acceptors (Lipinski definition) is 3. The van der Waals surface area contributed by atoms with Crippen molar-refractivity contribution >= 4 is 52.4 Å². The molecule has 0 aliphatic carbocycles. The van der Waals surface area contributed by atoms with E-state index in [2.05, 4.69) is 28.7 Å². The van der Waals surface area contributed by atoms with E-state index < -0.39 is 8.32 Å². The van der Waals surface area contributed by atoms with Crippen LogP contribution in [0.5, 0.6) is 0 Å². The van der Waals surface area contributed by atoms with Gasteiger partial charge in [0, 0.05) is 0 Å². The number of esters is 1. The number of halogens is 1. The highest BCUT2D eigenvalue weighted by atomic mass is 127. The van der Waals surface area contributed by atoms with Crippen LogP contribution in [0, 0.1) is 5.92 Å². The van der Waals surface area contributed by atoms with Crippen LogP contribution in [0.2, 0.25) is 0 Å². The quantitative estimate of drug-likeness (QED) is 0.0877. The second-order valence-corrected chi connectivity index (χ2v) is 12.5. The van der Waals surface area contributed by atoms with Gasteiger partial charge >= 0.3 is 5.97 Å². The number of ether oxygens (including phenoxy) is 1. The average molecular weight is 573 g/mol. The molecule has 5 heteroatoms. The minimum absolute atomic E-state index is 0.133. The Morgan fingerprint density at radius 3 is 2.03 bits per heavy atom. The zero-order valence-electron chi connectivity index (χ0n) is 19.3. The van der Waals surface area contributed by atoms with Gasteiger partial charge in [-0.25, -0.2) is 0 Å². The molecule has 0 aliphatic rings. The van der Waals surface area contributed by atoms with Gasteiger partial charge in [-0.1, -0.05) is 120 Å². The monoisotopic (exact) mass is 572 g/mol. The summed E-state index contributed by atoms with van der Waals surface area (Å²) in [6, 6.07) is 28.0. The molecule has 33 heavy (non-hydrogen) atoms. The minimum Gasteiger partial charge on any atom is -0.466 e. The van der Waals surface area contributed by atoms with Crippen molar-refractivity contribution in [3.8, 4) is 0 Å². The summed E-state index contributed by atoms with van der Waals surface area (Å²) in [5.74, 6) is -0.337. The Kier molecular flexibility index (Phi) is 10.2. The average Bonchev–Trinajstić information content (AvgIpc) is 2.87. The third-order valence-electron chi connectivity index (χ3n) is 6.06. The first kappa shape index (κ1) is 25.7. The van der Waals surface area contributed by atoms with Crippen molar-refractivity contribution in [1.82, 2.24) is 0 Å². The van der Waals surface area contributed by atoms with Gasteiger partial charge in [0.2, 0.25) is 0 Å². The molecule has 3 aromatic rings. The molecule has 3 nitrogen and oxygen atoms in total. The molecule has 3 aromatic carbocycles. The van der Waals surface area contributed by atoms with E-state index in [9.17, 15) is 9.59 Å². The lowest BCUT2D eigenvalue weighted by Gasteiger charge is -2.30. The van der Waals surface area contributed by atoms with Crippen LogP contribution in [0.3, 0.4) is 0 Å². The SMILES string of the molecule is CCOC(=O)C(CCCCCI)Cc1ccccc1[Si](O)(c1ccccc1)c1ccccc1. The smallest absolute Gasteiger partial charge is 0.309 e. The molecular weight excluding hydrogens is 539 g/mol. The normalized spacial score (nSPS) is 12.3. The second kappa shape index (κ2) is 13.1. The predicted octanol–water partition coefficient (Wildman–Crippen LogP) is 4.36. The lowest BCUT2D eigenvalue weighted by molar-refractivity contribution is -0.148. The topological polar surface area (TPSA) is 46.5 Å². The van der Waals surface area contributed by atoms with Crippen molar-refractivity contribution in [2.75, 3.05) is 11.0 Å². The Labute approximate surface area is 212 Å². The van der Waals surface area contributed by atoms with Gasteiger partial charge in [-0.15, -0.1) is 0 Å². The molecule has 174 valence electrons. The Balaban J connectivity index is 2.02. The molecule has 0 aromatic heterocycles. The van der Waals surface area contributed by atoms with Gasteiger partial charge in [-0.05, 0) is 51.7 Å². The first-order valence-corrected chi connectivity index (χ1v) is 15.2. The highest BCUT2D eigenvalue weighted by Crippen LogP contribution is 2.19. The van der Waals surface area contributed by atoms with Gasteiger partial charge in [-0.3, -0.25) is 4.79 Å². The fraction of sp³-hybridized carbons (Fsp3) is 0.321. The summed E-state index contributed by atoms with van der Waals surface area (Å²) in [5.41, 5.74) is 1.03. The van der Waals surface area contributed by atoms with E-state index in [1.165, 1.54) is 6.42 Å². The van der Waals surface area contributed by atoms with Crippen LogP contribution >= 0.6 is 22.6 Å². The largest absolute Gasteiger partial charge is 0.466 e. The highest BCUT2D eigenvalue weighted by molar-refractivity contribution is 14.1. The molecule has 0 spiro atoms. The van der Waals surface area contributed by atoms with Crippen LogP contribution in [0.1, 0.15) is 38.2 Å². The fourth-order valence-electron chi connectivity index (χ4n) is 4.38. The van der Waals surface area contributed by atoms with E-state index >= 15 is 0 Å². The third kappa shape index (κ3) is 6.55. The molecular formula is C28H33IO3Si. The minimum atomic E-state index is -3.24. The van der Waals surface area contributed by atoms with Gasteiger partial charge < -0.3 is 9.53 Å². The van der Waals surface area contributed by atoms with Gasteiger partial charge in [-0.2, -0.15) is 0 Å². The molecule has 1 N–H and O–H groups in total. The second-order valence-electron chi connectivity index (χ2n) is 8.29. The van der Waals surface area contributed by atoms with Crippen LogP contribution in [-0.4, -0.2) is 30.1 Å². The molecule has 0 radical (unpaired) electrons. The van der Waals surface area contributed by atoms with E-state index in [1.54, 1.807) is 0 Å². The van der Waals surface area contributed by atoms with Crippen molar-refractivity contribution in [3.63, 3.8) is 0 Å². The predicted molar refractivity (Wildman–Crippen MR) is 147 cm³/mol. The number of rotatable bonds is 12. The van der Waals surface area contributed by atoms with E-state index in [0.29, 0.717) is 13.0 Å². The summed E-state index contributed by atoms with van der Waals surface area (Å²) < 4.78 is 6.57. The van der Waals surface area contributed by atoms with E-state index in [-0.39, 0.29) is 11.9 Å². The van der Waals surface area contributed by atoms with Crippen LogP contribution in [0.25, 0.3) is 0 Å². The summed E-state index contributed by atoms with van der Waals surface area (Å²) in [6.45, 7) is 2.24. The van der Waals surface area contributed by atoms with E-state index in [1.807, 2.05) is 85.8 Å². The van der Waals surface area contributed by atoms with Gasteiger partial charge in [0.25, 0.3) is 8.32 Å². The Bertz CT molecular complexity index is 955. The fourth-order valence-corrected chi connectivity index (χ4v) is 8.21. The van der Waals surface area contributed by atoms with E-state index in [4.69, 9.17) is 4.74 Å². The molecule has 0 saturated carbocycles. The van der Waals surface area contributed by atoms with Crippen molar-refractivity contribution in [1.29, 1.82) is 0 Å². The maximum absolute atomic E-state index is 12.8. The molecule has 1 unspecified atom stereocenters. The summed E-state index contributed by atoms with van der Waals surface area (Å²) in [6.07, 6.45) is 4.68. The molecule has 0 saturated heterocycles. The van der Waals surface area contributed by atoms with Crippen molar-refractivity contribution in [2.24, 2.45) is 5.92 Å². The zero-order valence-corrected chi connectivity index (χ0v) is 22.4. The van der Waals surface area contributed by atoms with Crippen LogP contribution in [-0.2, 0) is 16.0 Å². The standard InChI is InChI=1S/C28H33IO3Si/c1-2-32-28(30)24(15-6-5-13-21-29)22-23-14-11-12-20-27(23)33(31,25-16-7-3-8-17-25)26-18-9-4-10-19-26/h3-4,7-12,14,16-20,24,31H,2,5-6,13,15,21-22H2,1H3. The lowest BCUT2D eigenvalue weighted by Crippen LogP contribution is -2.68. The number of carbonyl (C=O) groups excluding carboxylic acids is 1. The highest BCUT2D eigenvalue weighted by Gasteiger charge is 2.40. The van der Waals surface area contributed by atoms with Crippen LogP contribution in [0.15, 0.2) is 84.9 Å². The lowest BCUT2D eigenvalue weighted by atomic mass is 9.93. The van der Waals surface area contributed by atoms with E-state index in [0.717, 1.165) is 44.8 Å². The van der Waals surface area contributed by atoms with Gasteiger partial charge in [0.1, 0.15) is 0 Å². The van der Waals surface area contributed by atoms with Crippen molar-refractivity contribution in [3.05, 3.63) is 90.5 Å². The number of carbonyl (C=O) groups is 1. The van der Waals surface area contributed by atoms with Crippen molar-refractivity contribution in [2.45, 2.75) is 39.0 Å². The summed E-state index contributed by atoms with van der Waals surface area (Å²) >= 11 is 2.40. The molecule has 0 aliphatic heterocycles. The summed E-state index contributed by atoms with van der Waals surface area (Å²) in [4.78, 5) is 25.3. The molecule has 0 bridgehead atoms. The zero-order chi connectivity index (χ0) is 23.5. The number of hydrogen-bond donors (Lipinski definition) is 1. The Hall–Kier alpha value is -1.96. The van der Waals surface area contributed by atoms with Gasteiger partial charge in [0.15, 0.2) is 0 Å².